The van der Waals surface area contributed by atoms with Crippen LogP contribution in [0.25, 0.3) is 0 Å². The van der Waals surface area contributed by atoms with Gasteiger partial charge in [0, 0.05) is 0 Å². The molecule has 4 heteroatoms. The van der Waals surface area contributed by atoms with Crippen LogP contribution in [0.15, 0.2) is 36.4 Å². The van der Waals surface area contributed by atoms with Crippen molar-refractivity contribution in [2.45, 2.75) is 20.3 Å². The van der Waals surface area contributed by atoms with Crippen LogP contribution in [0.1, 0.15) is 20.3 Å². The van der Waals surface area contributed by atoms with Gasteiger partial charge in [0.25, 0.3) is 5.91 Å². The number of benzene rings is 1. The summed E-state index contributed by atoms with van der Waals surface area (Å²) >= 11 is 0. The quantitative estimate of drug-likeness (QED) is 0.658. The van der Waals surface area contributed by atoms with E-state index in [9.17, 15) is 4.79 Å². The number of nitrogens with zero attached hydrogens (tertiary/aromatic N) is 1. The molecule has 0 aromatic heterocycles. The molecule has 1 aromatic rings. The minimum Gasteiger partial charge on any atom is -0.495 e. The molecule has 0 aliphatic carbocycles. The first kappa shape index (κ1) is 15.7. The zero-order valence-electron chi connectivity index (χ0n) is 11.0. The van der Waals surface area contributed by atoms with Gasteiger partial charge >= 0.3 is 0 Å². The Bertz CT molecular complexity index is 447. The highest BCUT2D eigenvalue weighted by atomic mass is 16.5. The minimum absolute atomic E-state index is 0.138. The predicted molar refractivity (Wildman–Crippen MR) is 72.3 cm³/mol. The molecule has 0 aliphatic heterocycles. The summed E-state index contributed by atoms with van der Waals surface area (Å²) in [4.78, 5) is 11.3. The van der Waals surface area contributed by atoms with Crippen molar-refractivity contribution in [1.82, 2.24) is 0 Å². The average Bonchev–Trinajstić information content (AvgIpc) is 2.39. The van der Waals surface area contributed by atoms with E-state index in [2.05, 4.69) is 25.7 Å². The Labute approximate surface area is 108 Å². The highest BCUT2D eigenvalue weighted by Gasteiger charge is 2.08. The summed E-state index contributed by atoms with van der Waals surface area (Å²) in [5.41, 5.74) is 0.377. The first-order valence-electron chi connectivity index (χ1n) is 5.64. The number of rotatable bonds is 3. The Hall–Kier alpha value is -2.28. The van der Waals surface area contributed by atoms with E-state index in [-0.39, 0.29) is 5.57 Å². The number of nitrogens with one attached hydrogen (secondary N) is 1. The molecule has 1 amide bonds. The summed E-state index contributed by atoms with van der Waals surface area (Å²) in [6, 6.07) is 8.61. The lowest BCUT2D eigenvalue weighted by atomic mass is 10.2. The molecule has 4 nitrogen and oxygen atoms in total. The van der Waals surface area contributed by atoms with Gasteiger partial charge in [-0.1, -0.05) is 39.0 Å². The number of para-hydroxylation sites is 2. The highest BCUT2D eigenvalue weighted by Crippen LogP contribution is 2.23. The van der Waals surface area contributed by atoms with Gasteiger partial charge in [-0.15, -0.1) is 0 Å². The molecule has 0 fully saturated rings. The second-order valence-electron chi connectivity index (χ2n) is 3.45. The fraction of sp³-hybridized carbons (Fsp3) is 0.286. The summed E-state index contributed by atoms with van der Waals surface area (Å²) in [6.07, 6.45) is 1.25. The van der Waals surface area contributed by atoms with Gasteiger partial charge in [0.05, 0.1) is 12.8 Å². The van der Waals surface area contributed by atoms with Crippen LogP contribution >= 0.6 is 0 Å². The molecule has 1 aromatic carbocycles. The monoisotopic (exact) mass is 246 g/mol. The SMILES string of the molecule is C=C(C#N)C(=O)Nc1ccccc1OC.CCC. The number of nitriles is 1. The molecule has 0 radical (unpaired) electrons. The molecule has 0 bridgehead atoms. The number of hydrogen-bond donors (Lipinski definition) is 1. The molecular weight excluding hydrogens is 228 g/mol. The van der Waals surface area contributed by atoms with Crippen molar-refractivity contribution in [2.75, 3.05) is 12.4 Å². The van der Waals surface area contributed by atoms with Gasteiger partial charge < -0.3 is 10.1 Å². The zero-order chi connectivity index (χ0) is 14.0. The first-order chi connectivity index (χ1) is 8.60. The Morgan fingerprint density at radius 2 is 2.00 bits per heavy atom. The van der Waals surface area contributed by atoms with Crippen molar-refractivity contribution in [3.05, 3.63) is 36.4 Å². The Kier molecular flexibility index (Phi) is 7.71. The maximum absolute atomic E-state index is 11.3. The summed E-state index contributed by atoms with van der Waals surface area (Å²) < 4.78 is 5.03. The number of amides is 1. The number of methoxy groups -OCH3 is 1. The average molecular weight is 246 g/mol. The lowest BCUT2D eigenvalue weighted by Crippen LogP contribution is -2.13. The second kappa shape index (κ2) is 8.82. The summed E-state index contributed by atoms with van der Waals surface area (Å²) in [7, 11) is 1.50. The van der Waals surface area contributed by atoms with E-state index in [1.54, 1.807) is 30.3 Å². The number of anilines is 1. The van der Waals surface area contributed by atoms with Crippen LogP contribution in [0.5, 0.6) is 5.75 Å². The zero-order valence-corrected chi connectivity index (χ0v) is 11.0. The molecule has 1 rings (SSSR count). The summed E-state index contributed by atoms with van der Waals surface area (Å²) in [6.45, 7) is 7.56. The molecule has 0 unspecified atom stereocenters. The van der Waals surface area contributed by atoms with E-state index >= 15 is 0 Å². The van der Waals surface area contributed by atoms with E-state index in [4.69, 9.17) is 10.00 Å². The molecule has 0 saturated heterocycles. The number of carbonyl (C=O) groups excluding carboxylic acids is 1. The molecule has 0 saturated carbocycles. The third-order valence-electron chi connectivity index (χ3n) is 1.76. The lowest BCUT2D eigenvalue weighted by molar-refractivity contribution is -0.112. The van der Waals surface area contributed by atoms with Gasteiger partial charge in [-0.25, -0.2) is 0 Å². The largest absolute Gasteiger partial charge is 0.495 e. The van der Waals surface area contributed by atoms with Crippen LogP contribution < -0.4 is 10.1 Å². The van der Waals surface area contributed by atoms with E-state index in [0.29, 0.717) is 11.4 Å². The van der Waals surface area contributed by atoms with E-state index < -0.39 is 5.91 Å². The molecule has 96 valence electrons. The van der Waals surface area contributed by atoms with Crippen LogP contribution in [0.4, 0.5) is 5.69 Å². The van der Waals surface area contributed by atoms with Crippen LogP contribution in [0.2, 0.25) is 0 Å². The topological polar surface area (TPSA) is 62.1 Å². The Morgan fingerprint density at radius 3 is 2.50 bits per heavy atom. The van der Waals surface area contributed by atoms with E-state index in [1.807, 2.05) is 0 Å². The molecular formula is C14H18N2O2. The van der Waals surface area contributed by atoms with Crippen molar-refractivity contribution in [3.63, 3.8) is 0 Å². The minimum atomic E-state index is -0.526. The van der Waals surface area contributed by atoms with E-state index in [0.717, 1.165) is 0 Å². The molecule has 18 heavy (non-hydrogen) atoms. The van der Waals surface area contributed by atoms with Crippen LogP contribution in [-0.4, -0.2) is 13.0 Å². The molecule has 1 N–H and O–H groups in total. The lowest BCUT2D eigenvalue weighted by Gasteiger charge is -2.08. The van der Waals surface area contributed by atoms with Gasteiger partial charge in [-0.05, 0) is 12.1 Å². The van der Waals surface area contributed by atoms with E-state index in [1.165, 1.54) is 13.5 Å². The van der Waals surface area contributed by atoms with Crippen molar-refractivity contribution < 1.29 is 9.53 Å². The molecule has 0 spiro atoms. The van der Waals surface area contributed by atoms with Crippen LogP contribution in [0, 0.1) is 11.3 Å². The number of hydrogen-bond acceptors (Lipinski definition) is 3. The predicted octanol–water partition coefficient (Wildman–Crippen LogP) is 3.13. The van der Waals surface area contributed by atoms with Gasteiger partial charge in [-0.2, -0.15) is 5.26 Å². The van der Waals surface area contributed by atoms with Gasteiger partial charge in [-0.3, -0.25) is 4.79 Å². The van der Waals surface area contributed by atoms with Crippen LogP contribution in [-0.2, 0) is 4.79 Å². The Balaban J connectivity index is 0.000000873. The van der Waals surface area contributed by atoms with Gasteiger partial charge in [0.1, 0.15) is 17.4 Å². The van der Waals surface area contributed by atoms with Crippen molar-refractivity contribution in [3.8, 4) is 11.8 Å². The summed E-state index contributed by atoms with van der Waals surface area (Å²) in [5.74, 6) is 0.0126. The second-order valence-corrected chi connectivity index (χ2v) is 3.45. The van der Waals surface area contributed by atoms with Crippen molar-refractivity contribution >= 4 is 11.6 Å². The fourth-order valence-corrected chi connectivity index (χ4v) is 0.996. The van der Waals surface area contributed by atoms with Crippen molar-refractivity contribution in [2.24, 2.45) is 0 Å². The molecule has 0 heterocycles. The third kappa shape index (κ3) is 5.17. The highest BCUT2D eigenvalue weighted by molar-refractivity contribution is 6.06. The number of ether oxygens (including phenoxy) is 1. The standard InChI is InChI=1S/C11H10N2O2.C3H8/c1-8(7-12)11(14)13-9-5-3-4-6-10(9)15-2;1-3-2/h3-6H,1H2,2H3,(H,13,14);3H2,1-2H3. The third-order valence-corrected chi connectivity index (χ3v) is 1.76. The molecule has 0 aliphatic rings. The Morgan fingerprint density at radius 1 is 1.44 bits per heavy atom. The first-order valence-corrected chi connectivity index (χ1v) is 5.64. The van der Waals surface area contributed by atoms with Gasteiger partial charge in [0.15, 0.2) is 0 Å². The van der Waals surface area contributed by atoms with Crippen LogP contribution in [0.3, 0.4) is 0 Å². The van der Waals surface area contributed by atoms with Gasteiger partial charge in [0.2, 0.25) is 0 Å². The smallest absolute Gasteiger partial charge is 0.265 e. The fourth-order valence-electron chi connectivity index (χ4n) is 0.996. The maximum Gasteiger partial charge on any atom is 0.265 e. The maximum atomic E-state index is 11.3. The molecule has 0 atom stereocenters. The summed E-state index contributed by atoms with van der Waals surface area (Å²) in [5, 5.41) is 11.0. The normalized spacial score (nSPS) is 8.33. The number of carbonyl (C=O) groups is 1. The van der Waals surface area contributed by atoms with Crippen molar-refractivity contribution in [1.29, 1.82) is 5.26 Å².